The molecule has 1 heterocycles. The van der Waals surface area contributed by atoms with Crippen molar-refractivity contribution in [3.8, 4) is 11.6 Å². The minimum absolute atomic E-state index is 0.346. The second kappa shape index (κ2) is 6.34. The number of nitrogens with zero attached hydrogens (tertiary/aromatic N) is 2. The van der Waals surface area contributed by atoms with Crippen LogP contribution in [-0.4, -0.2) is 24.1 Å². The van der Waals surface area contributed by atoms with Crippen molar-refractivity contribution in [1.82, 2.24) is 9.97 Å². The SMILES string of the molecule is CNc1cc(Oc2cccc(C)c2C)nc(COC)n1. The number of nitrogens with one attached hydrogen (secondary N) is 1. The number of hydrogen-bond acceptors (Lipinski definition) is 5. The normalized spacial score (nSPS) is 10.4. The van der Waals surface area contributed by atoms with Crippen LogP contribution in [0.15, 0.2) is 24.3 Å². The molecule has 106 valence electrons. The number of rotatable bonds is 5. The molecule has 1 aromatic heterocycles. The Balaban J connectivity index is 2.32. The smallest absolute Gasteiger partial charge is 0.224 e. The maximum Gasteiger partial charge on any atom is 0.224 e. The van der Waals surface area contributed by atoms with E-state index >= 15 is 0 Å². The third-order valence-corrected chi connectivity index (χ3v) is 3.05. The molecule has 0 fully saturated rings. The molecule has 20 heavy (non-hydrogen) atoms. The lowest BCUT2D eigenvalue weighted by Crippen LogP contribution is -2.03. The lowest BCUT2D eigenvalue weighted by molar-refractivity contribution is 0.177. The largest absolute Gasteiger partial charge is 0.439 e. The predicted octanol–water partition coefficient (Wildman–Crippen LogP) is 3.07. The molecule has 0 amide bonds. The van der Waals surface area contributed by atoms with E-state index in [1.54, 1.807) is 20.2 Å². The zero-order chi connectivity index (χ0) is 14.5. The van der Waals surface area contributed by atoms with Crippen LogP contribution in [0.1, 0.15) is 17.0 Å². The molecular weight excluding hydrogens is 254 g/mol. The quantitative estimate of drug-likeness (QED) is 0.907. The zero-order valence-electron chi connectivity index (χ0n) is 12.2. The number of methoxy groups -OCH3 is 1. The van der Waals surface area contributed by atoms with Gasteiger partial charge in [0.25, 0.3) is 0 Å². The van der Waals surface area contributed by atoms with Gasteiger partial charge in [-0.15, -0.1) is 0 Å². The van der Waals surface area contributed by atoms with Gasteiger partial charge >= 0.3 is 0 Å². The molecule has 1 aromatic carbocycles. The van der Waals surface area contributed by atoms with Gasteiger partial charge in [0, 0.05) is 20.2 Å². The van der Waals surface area contributed by atoms with Crippen LogP contribution in [-0.2, 0) is 11.3 Å². The van der Waals surface area contributed by atoms with E-state index < -0.39 is 0 Å². The molecule has 0 unspecified atom stereocenters. The molecule has 5 nitrogen and oxygen atoms in total. The lowest BCUT2D eigenvalue weighted by Gasteiger charge is -2.11. The van der Waals surface area contributed by atoms with Crippen LogP contribution in [0, 0.1) is 13.8 Å². The number of aryl methyl sites for hydroxylation is 1. The summed E-state index contributed by atoms with van der Waals surface area (Å²) in [7, 11) is 3.42. The summed E-state index contributed by atoms with van der Waals surface area (Å²) in [6.45, 7) is 4.43. The number of hydrogen-bond donors (Lipinski definition) is 1. The summed E-state index contributed by atoms with van der Waals surface area (Å²) >= 11 is 0. The zero-order valence-corrected chi connectivity index (χ0v) is 12.2. The maximum absolute atomic E-state index is 5.87. The fourth-order valence-electron chi connectivity index (χ4n) is 1.79. The first-order valence-electron chi connectivity index (χ1n) is 6.42. The number of anilines is 1. The molecule has 0 radical (unpaired) electrons. The minimum atomic E-state index is 0.346. The van der Waals surface area contributed by atoms with Gasteiger partial charge in [-0.2, -0.15) is 4.98 Å². The molecule has 0 saturated heterocycles. The molecule has 0 aliphatic carbocycles. The third kappa shape index (κ3) is 3.24. The molecular formula is C15H19N3O2. The summed E-state index contributed by atoms with van der Waals surface area (Å²) in [4.78, 5) is 8.63. The number of benzene rings is 1. The van der Waals surface area contributed by atoms with Gasteiger partial charge in [0.05, 0.1) is 0 Å². The fourth-order valence-corrected chi connectivity index (χ4v) is 1.79. The standard InChI is InChI=1S/C15H19N3O2/c1-10-6-5-7-12(11(10)2)20-15-8-13(16-3)17-14(18-15)9-19-4/h5-8H,9H2,1-4H3,(H,16,17,18). The first-order valence-corrected chi connectivity index (χ1v) is 6.42. The summed E-state index contributed by atoms with van der Waals surface area (Å²) in [6.07, 6.45) is 0. The Labute approximate surface area is 119 Å². The van der Waals surface area contributed by atoms with Gasteiger partial charge in [-0.1, -0.05) is 12.1 Å². The Morgan fingerprint density at radius 2 is 2.00 bits per heavy atom. The molecule has 1 N–H and O–H groups in total. The van der Waals surface area contributed by atoms with Gasteiger partial charge in [-0.05, 0) is 31.0 Å². The Hall–Kier alpha value is -2.14. The molecule has 0 bridgehead atoms. The minimum Gasteiger partial charge on any atom is -0.439 e. The highest BCUT2D eigenvalue weighted by atomic mass is 16.5. The van der Waals surface area contributed by atoms with Crippen molar-refractivity contribution in [3.63, 3.8) is 0 Å². The Morgan fingerprint density at radius 1 is 1.20 bits per heavy atom. The highest BCUT2D eigenvalue weighted by Crippen LogP contribution is 2.26. The summed E-state index contributed by atoms with van der Waals surface area (Å²) in [5.74, 6) is 2.59. The van der Waals surface area contributed by atoms with Crippen molar-refractivity contribution in [3.05, 3.63) is 41.2 Å². The van der Waals surface area contributed by atoms with Crippen LogP contribution in [0.4, 0.5) is 5.82 Å². The second-order valence-corrected chi connectivity index (χ2v) is 4.49. The van der Waals surface area contributed by atoms with Gasteiger partial charge in [-0.3, -0.25) is 0 Å². The Bertz CT molecular complexity index is 600. The van der Waals surface area contributed by atoms with Gasteiger partial charge in [0.15, 0.2) is 5.82 Å². The van der Waals surface area contributed by atoms with Crippen LogP contribution >= 0.6 is 0 Å². The van der Waals surface area contributed by atoms with Crippen molar-refractivity contribution < 1.29 is 9.47 Å². The van der Waals surface area contributed by atoms with Gasteiger partial charge < -0.3 is 14.8 Å². The molecule has 2 aromatic rings. The van der Waals surface area contributed by atoms with Gasteiger partial charge in [0.1, 0.15) is 18.2 Å². The van der Waals surface area contributed by atoms with Crippen LogP contribution in [0.3, 0.4) is 0 Å². The van der Waals surface area contributed by atoms with Crippen LogP contribution < -0.4 is 10.1 Å². The summed E-state index contributed by atoms with van der Waals surface area (Å²) in [6, 6.07) is 7.71. The average molecular weight is 273 g/mol. The molecule has 0 saturated carbocycles. The van der Waals surface area contributed by atoms with E-state index in [4.69, 9.17) is 9.47 Å². The van der Waals surface area contributed by atoms with E-state index in [2.05, 4.69) is 28.3 Å². The predicted molar refractivity (Wildman–Crippen MR) is 78.3 cm³/mol. The first-order chi connectivity index (χ1) is 9.63. The lowest BCUT2D eigenvalue weighted by atomic mass is 10.1. The summed E-state index contributed by atoms with van der Waals surface area (Å²) in [5.41, 5.74) is 2.29. The van der Waals surface area contributed by atoms with Crippen LogP contribution in [0.5, 0.6) is 11.6 Å². The van der Waals surface area contributed by atoms with Crippen molar-refractivity contribution in [2.24, 2.45) is 0 Å². The highest BCUT2D eigenvalue weighted by molar-refractivity contribution is 5.43. The molecule has 0 atom stereocenters. The third-order valence-electron chi connectivity index (χ3n) is 3.05. The van der Waals surface area contributed by atoms with Gasteiger partial charge in [0.2, 0.25) is 5.88 Å². The fraction of sp³-hybridized carbons (Fsp3) is 0.333. The first kappa shape index (κ1) is 14.3. The van der Waals surface area contributed by atoms with E-state index in [0.29, 0.717) is 24.1 Å². The monoisotopic (exact) mass is 273 g/mol. The van der Waals surface area contributed by atoms with E-state index in [1.165, 1.54) is 5.56 Å². The highest BCUT2D eigenvalue weighted by Gasteiger charge is 2.08. The van der Waals surface area contributed by atoms with E-state index in [0.717, 1.165) is 11.3 Å². The second-order valence-electron chi connectivity index (χ2n) is 4.49. The maximum atomic E-state index is 5.87. The Kier molecular flexibility index (Phi) is 4.53. The average Bonchev–Trinajstić information content (AvgIpc) is 2.44. The van der Waals surface area contributed by atoms with Crippen LogP contribution in [0.2, 0.25) is 0 Å². The number of ether oxygens (including phenoxy) is 2. The van der Waals surface area contributed by atoms with Gasteiger partial charge in [-0.25, -0.2) is 4.98 Å². The van der Waals surface area contributed by atoms with Crippen LogP contribution in [0.25, 0.3) is 0 Å². The van der Waals surface area contributed by atoms with E-state index in [1.807, 2.05) is 19.1 Å². The molecule has 0 aliphatic rings. The summed E-state index contributed by atoms with van der Waals surface area (Å²) in [5, 5.41) is 2.99. The molecule has 2 rings (SSSR count). The van der Waals surface area contributed by atoms with Crippen molar-refractivity contribution >= 4 is 5.82 Å². The summed E-state index contributed by atoms with van der Waals surface area (Å²) < 4.78 is 10.9. The van der Waals surface area contributed by atoms with E-state index in [-0.39, 0.29) is 0 Å². The Morgan fingerprint density at radius 3 is 2.70 bits per heavy atom. The van der Waals surface area contributed by atoms with Crippen molar-refractivity contribution in [2.75, 3.05) is 19.5 Å². The van der Waals surface area contributed by atoms with Crippen molar-refractivity contribution in [2.45, 2.75) is 20.5 Å². The molecule has 0 spiro atoms. The number of aromatic nitrogens is 2. The van der Waals surface area contributed by atoms with Crippen molar-refractivity contribution in [1.29, 1.82) is 0 Å². The topological polar surface area (TPSA) is 56.3 Å². The molecule has 5 heteroatoms. The molecule has 0 aliphatic heterocycles. The van der Waals surface area contributed by atoms with E-state index in [9.17, 15) is 0 Å².